The molecule has 0 aliphatic heterocycles. The summed E-state index contributed by atoms with van der Waals surface area (Å²) in [6.45, 7) is 12.0. The van der Waals surface area contributed by atoms with E-state index >= 15 is 0 Å². The van der Waals surface area contributed by atoms with E-state index in [0.717, 1.165) is 5.92 Å². The minimum atomic E-state index is 0.549. The van der Waals surface area contributed by atoms with Crippen molar-refractivity contribution in [2.24, 2.45) is 16.7 Å². The molecule has 0 amide bonds. The Hall–Kier alpha value is 0. The molecule has 0 aromatic heterocycles. The van der Waals surface area contributed by atoms with E-state index in [1.54, 1.807) is 0 Å². The van der Waals surface area contributed by atoms with E-state index in [-0.39, 0.29) is 0 Å². The minimum absolute atomic E-state index is 0.549. The largest absolute Gasteiger partial charge is 0.0620 e. The Morgan fingerprint density at radius 2 is 1.60 bits per heavy atom. The Labute approximate surface area is 65.0 Å². The average Bonchev–Trinajstić information content (AvgIpc) is 1.94. The summed E-state index contributed by atoms with van der Waals surface area (Å²) in [6.07, 6.45) is 2.82. The Morgan fingerprint density at radius 3 is 1.70 bits per heavy atom. The van der Waals surface area contributed by atoms with Crippen molar-refractivity contribution in [2.75, 3.05) is 0 Å². The molecule has 1 saturated carbocycles. The maximum atomic E-state index is 2.41. The second-order valence-electron chi connectivity index (χ2n) is 5.05. The van der Waals surface area contributed by atoms with Gasteiger partial charge >= 0.3 is 0 Å². The first-order valence-electron chi connectivity index (χ1n) is 4.38. The van der Waals surface area contributed by atoms with E-state index in [9.17, 15) is 0 Å². The van der Waals surface area contributed by atoms with Crippen LogP contribution in [0, 0.1) is 16.7 Å². The van der Waals surface area contributed by atoms with Gasteiger partial charge in [0.15, 0.2) is 0 Å². The molecule has 1 rings (SSSR count). The van der Waals surface area contributed by atoms with Gasteiger partial charge in [0.05, 0.1) is 0 Å². The molecule has 0 heteroatoms. The van der Waals surface area contributed by atoms with E-state index < -0.39 is 0 Å². The lowest BCUT2D eigenvalue weighted by Crippen LogP contribution is -2.30. The third-order valence-corrected chi connectivity index (χ3v) is 4.18. The van der Waals surface area contributed by atoms with E-state index in [2.05, 4.69) is 34.6 Å². The Kier molecular flexibility index (Phi) is 1.61. The van der Waals surface area contributed by atoms with Gasteiger partial charge in [0, 0.05) is 0 Å². The monoisotopic (exact) mass is 140 g/mol. The summed E-state index contributed by atoms with van der Waals surface area (Å²) in [5, 5.41) is 0. The van der Waals surface area contributed by atoms with Crippen LogP contribution in [-0.2, 0) is 0 Å². The second kappa shape index (κ2) is 1.99. The molecule has 0 spiro atoms. The molecule has 0 aromatic carbocycles. The van der Waals surface area contributed by atoms with E-state index in [4.69, 9.17) is 0 Å². The topological polar surface area (TPSA) is 0 Å². The fourth-order valence-corrected chi connectivity index (χ4v) is 1.93. The van der Waals surface area contributed by atoms with Gasteiger partial charge in [-0.2, -0.15) is 0 Å². The van der Waals surface area contributed by atoms with Gasteiger partial charge in [-0.3, -0.25) is 0 Å². The van der Waals surface area contributed by atoms with E-state index in [0.29, 0.717) is 10.8 Å². The summed E-state index contributed by atoms with van der Waals surface area (Å²) in [7, 11) is 0. The molecule has 1 aliphatic carbocycles. The van der Waals surface area contributed by atoms with Gasteiger partial charge in [-0.15, -0.1) is 0 Å². The Balaban J connectivity index is 2.84. The molecule has 1 aliphatic rings. The van der Waals surface area contributed by atoms with Crippen molar-refractivity contribution in [2.45, 2.75) is 47.5 Å². The first-order chi connectivity index (χ1) is 4.38. The van der Waals surface area contributed by atoms with Gasteiger partial charge in [0.2, 0.25) is 0 Å². The van der Waals surface area contributed by atoms with Crippen molar-refractivity contribution in [3.63, 3.8) is 0 Å². The van der Waals surface area contributed by atoms with Crippen LogP contribution < -0.4 is 0 Å². The molecule has 10 heavy (non-hydrogen) atoms. The van der Waals surface area contributed by atoms with Crippen molar-refractivity contribution in [1.29, 1.82) is 0 Å². The van der Waals surface area contributed by atoms with Gasteiger partial charge in [-0.1, -0.05) is 34.6 Å². The quantitative estimate of drug-likeness (QED) is 0.483. The molecular formula is C10H20. The molecule has 0 aromatic rings. The lowest BCUT2D eigenvalue weighted by atomic mass is 9.67. The molecule has 0 N–H and O–H groups in total. The summed E-state index contributed by atoms with van der Waals surface area (Å²) in [5.41, 5.74) is 1.11. The molecule has 1 unspecified atom stereocenters. The van der Waals surface area contributed by atoms with Crippen molar-refractivity contribution in [3.05, 3.63) is 0 Å². The van der Waals surface area contributed by atoms with Gasteiger partial charge in [0.1, 0.15) is 0 Å². The number of hydrogen-bond acceptors (Lipinski definition) is 0. The molecule has 0 radical (unpaired) electrons. The Bertz CT molecular complexity index is 131. The molecule has 60 valence electrons. The second-order valence-corrected chi connectivity index (χ2v) is 5.05. The van der Waals surface area contributed by atoms with Crippen LogP contribution >= 0.6 is 0 Å². The highest BCUT2D eigenvalue weighted by Crippen LogP contribution is 2.55. The molecule has 0 bridgehead atoms. The van der Waals surface area contributed by atoms with Crippen molar-refractivity contribution in [3.8, 4) is 0 Å². The normalized spacial score (nSPS) is 36.3. The van der Waals surface area contributed by atoms with Crippen LogP contribution in [0.25, 0.3) is 0 Å². The van der Waals surface area contributed by atoms with Crippen LogP contribution in [-0.4, -0.2) is 0 Å². The van der Waals surface area contributed by atoms with Crippen LogP contribution in [0.5, 0.6) is 0 Å². The average molecular weight is 140 g/mol. The maximum absolute atomic E-state index is 2.41. The molecule has 1 atom stereocenters. The summed E-state index contributed by atoms with van der Waals surface area (Å²) in [4.78, 5) is 0. The molecule has 0 heterocycles. The fraction of sp³-hybridized carbons (Fsp3) is 1.00. The summed E-state index contributed by atoms with van der Waals surface area (Å²) >= 11 is 0. The zero-order chi connectivity index (χ0) is 7.99. The highest BCUT2D eigenvalue weighted by atomic mass is 14.5. The van der Waals surface area contributed by atoms with E-state index in [1.807, 2.05) is 0 Å². The van der Waals surface area contributed by atoms with Gasteiger partial charge in [0.25, 0.3) is 0 Å². The highest BCUT2D eigenvalue weighted by molar-refractivity contribution is 4.95. The van der Waals surface area contributed by atoms with Crippen molar-refractivity contribution < 1.29 is 0 Å². The third-order valence-electron chi connectivity index (χ3n) is 4.18. The third kappa shape index (κ3) is 0.889. The summed E-state index contributed by atoms with van der Waals surface area (Å²) in [5.74, 6) is 0.905. The van der Waals surface area contributed by atoms with E-state index in [1.165, 1.54) is 12.8 Å². The van der Waals surface area contributed by atoms with Gasteiger partial charge < -0.3 is 0 Å². The Morgan fingerprint density at radius 1 is 1.10 bits per heavy atom. The van der Waals surface area contributed by atoms with Gasteiger partial charge in [-0.05, 0) is 29.6 Å². The summed E-state index contributed by atoms with van der Waals surface area (Å²) < 4.78 is 0. The highest BCUT2D eigenvalue weighted by Gasteiger charge is 2.45. The van der Waals surface area contributed by atoms with Crippen LogP contribution in [0.1, 0.15) is 47.5 Å². The lowest BCUT2D eigenvalue weighted by Gasteiger charge is -2.37. The van der Waals surface area contributed by atoms with Gasteiger partial charge in [-0.25, -0.2) is 0 Å². The first-order valence-corrected chi connectivity index (χ1v) is 4.38. The SMILES string of the molecule is CC1CCC(C)(C)C1(C)C. The van der Waals surface area contributed by atoms with Crippen LogP contribution in [0.3, 0.4) is 0 Å². The minimum Gasteiger partial charge on any atom is -0.0620 e. The molecular weight excluding hydrogens is 120 g/mol. The summed E-state index contributed by atoms with van der Waals surface area (Å²) in [6, 6.07) is 0. The zero-order valence-electron chi connectivity index (χ0n) is 7.99. The number of hydrogen-bond donors (Lipinski definition) is 0. The lowest BCUT2D eigenvalue weighted by molar-refractivity contribution is 0.116. The van der Waals surface area contributed by atoms with Crippen LogP contribution in [0.15, 0.2) is 0 Å². The van der Waals surface area contributed by atoms with Crippen molar-refractivity contribution >= 4 is 0 Å². The molecule has 0 saturated heterocycles. The van der Waals surface area contributed by atoms with Crippen LogP contribution in [0.2, 0.25) is 0 Å². The zero-order valence-corrected chi connectivity index (χ0v) is 7.99. The van der Waals surface area contributed by atoms with Crippen molar-refractivity contribution in [1.82, 2.24) is 0 Å². The standard InChI is InChI=1S/C10H20/c1-8-6-7-9(2,3)10(8,4)5/h8H,6-7H2,1-5H3. The fourth-order valence-electron chi connectivity index (χ4n) is 1.93. The van der Waals surface area contributed by atoms with Crippen LogP contribution in [0.4, 0.5) is 0 Å². The molecule has 0 nitrogen and oxygen atoms in total. The number of rotatable bonds is 0. The maximum Gasteiger partial charge on any atom is -0.0277 e. The smallest absolute Gasteiger partial charge is 0.0277 e. The predicted octanol–water partition coefficient (Wildman–Crippen LogP) is 3.47. The predicted molar refractivity (Wildman–Crippen MR) is 46.0 cm³/mol. The first kappa shape index (κ1) is 8.10. The molecule has 1 fully saturated rings.